The van der Waals surface area contributed by atoms with Crippen LogP contribution in [0.3, 0.4) is 0 Å². The van der Waals surface area contributed by atoms with E-state index in [1.165, 1.54) is 11.3 Å². The van der Waals surface area contributed by atoms with E-state index < -0.39 is 0 Å². The summed E-state index contributed by atoms with van der Waals surface area (Å²) in [5, 5.41) is 12.8. The minimum Gasteiger partial charge on any atom is -0.493 e. The van der Waals surface area contributed by atoms with E-state index in [0.29, 0.717) is 30.3 Å². The van der Waals surface area contributed by atoms with Gasteiger partial charge in [-0.2, -0.15) is 0 Å². The van der Waals surface area contributed by atoms with Crippen molar-refractivity contribution in [3.05, 3.63) is 57.3 Å². The van der Waals surface area contributed by atoms with Crippen LogP contribution in [0.25, 0.3) is 10.7 Å². The highest BCUT2D eigenvalue weighted by molar-refractivity contribution is 7.13. The number of H-pyrrole nitrogens is 1. The number of hydrogen-bond donors (Lipinski definition) is 2. The maximum atomic E-state index is 12.2. The molecule has 0 saturated heterocycles. The average molecular weight is 414 g/mol. The Morgan fingerprint density at radius 1 is 1.14 bits per heavy atom. The van der Waals surface area contributed by atoms with Crippen molar-refractivity contribution < 1.29 is 14.3 Å². The highest BCUT2D eigenvalue weighted by Crippen LogP contribution is 2.27. The molecule has 29 heavy (non-hydrogen) atoms. The number of amides is 1. The lowest BCUT2D eigenvalue weighted by Crippen LogP contribution is -2.27. The summed E-state index contributed by atoms with van der Waals surface area (Å²) in [5.74, 6) is 1.61. The van der Waals surface area contributed by atoms with Crippen molar-refractivity contribution in [2.24, 2.45) is 0 Å². The van der Waals surface area contributed by atoms with Crippen LogP contribution in [0, 0.1) is 0 Å². The van der Waals surface area contributed by atoms with Gasteiger partial charge in [0.1, 0.15) is 5.69 Å². The number of carbonyl (C=O) groups is 1. The van der Waals surface area contributed by atoms with Crippen molar-refractivity contribution in [2.75, 3.05) is 20.8 Å². The van der Waals surface area contributed by atoms with E-state index in [4.69, 9.17) is 9.47 Å². The number of aromatic nitrogens is 3. The number of aryl methyl sites for hydroxylation is 1. The van der Waals surface area contributed by atoms with Gasteiger partial charge in [-0.15, -0.1) is 21.5 Å². The first kappa shape index (κ1) is 20.5. The van der Waals surface area contributed by atoms with Crippen LogP contribution in [0.4, 0.5) is 0 Å². The second-order valence-electron chi connectivity index (χ2n) is 6.22. The van der Waals surface area contributed by atoms with Gasteiger partial charge in [-0.3, -0.25) is 9.59 Å². The summed E-state index contributed by atoms with van der Waals surface area (Å²) < 4.78 is 10.5. The van der Waals surface area contributed by atoms with Crippen molar-refractivity contribution in [3.8, 4) is 22.2 Å². The first-order chi connectivity index (χ1) is 14.1. The zero-order chi connectivity index (χ0) is 20.6. The molecule has 3 rings (SSSR count). The van der Waals surface area contributed by atoms with Crippen molar-refractivity contribution in [1.82, 2.24) is 20.5 Å². The van der Waals surface area contributed by atoms with Gasteiger partial charge in [0.2, 0.25) is 5.91 Å². The monoisotopic (exact) mass is 414 g/mol. The number of rotatable bonds is 9. The molecule has 152 valence electrons. The molecule has 8 nitrogen and oxygen atoms in total. The summed E-state index contributed by atoms with van der Waals surface area (Å²) in [5.41, 5.74) is 0.955. The third-order valence-electron chi connectivity index (χ3n) is 4.29. The van der Waals surface area contributed by atoms with Gasteiger partial charge in [-0.25, -0.2) is 0 Å². The van der Waals surface area contributed by atoms with Crippen molar-refractivity contribution in [1.29, 1.82) is 0 Å². The molecular formula is C20H22N4O4S. The third-order valence-corrected chi connectivity index (χ3v) is 5.17. The van der Waals surface area contributed by atoms with E-state index in [-0.39, 0.29) is 30.0 Å². The SMILES string of the molecule is COc1ccc(CCNC(=O)CCc2nnc(-c3cccs3)[nH]c2=O)cc1OC. The van der Waals surface area contributed by atoms with Gasteiger partial charge in [-0.05, 0) is 35.6 Å². The first-order valence-corrected chi connectivity index (χ1v) is 9.96. The van der Waals surface area contributed by atoms with E-state index in [1.807, 2.05) is 35.7 Å². The molecule has 3 aromatic rings. The summed E-state index contributed by atoms with van der Waals surface area (Å²) in [6.45, 7) is 0.480. The zero-order valence-corrected chi connectivity index (χ0v) is 17.0. The number of carbonyl (C=O) groups excluding carboxylic acids is 1. The smallest absolute Gasteiger partial charge is 0.273 e. The molecule has 2 N–H and O–H groups in total. The van der Waals surface area contributed by atoms with Gasteiger partial charge in [0.15, 0.2) is 17.3 Å². The number of aromatic amines is 1. The highest BCUT2D eigenvalue weighted by atomic mass is 32.1. The highest BCUT2D eigenvalue weighted by Gasteiger charge is 2.10. The van der Waals surface area contributed by atoms with Crippen molar-refractivity contribution in [3.63, 3.8) is 0 Å². The van der Waals surface area contributed by atoms with Gasteiger partial charge in [0.05, 0.1) is 19.1 Å². The van der Waals surface area contributed by atoms with E-state index >= 15 is 0 Å². The quantitative estimate of drug-likeness (QED) is 0.556. The zero-order valence-electron chi connectivity index (χ0n) is 16.2. The Balaban J connectivity index is 1.47. The molecule has 0 aliphatic carbocycles. The fourth-order valence-electron chi connectivity index (χ4n) is 2.75. The molecule has 0 saturated carbocycles. The lowest BCUT2D eigenvalue weighted by molar-refractivity contribution is -0.121. The van der Waals surface area contributed by atoms with Gasteiger partial charge >= 0.3 is 0 Å². The lowest BCUT2D eigenvalue weighted by Gasteiger charge is -2.10. The molecule has 0 radical (unpaired) electrons. The van der Waals surface area contributed by atoms with E-state index in [9.17, 15) is 9.59 Å². The average Bonchev–Trinajstić information content (AvgIpc) is 3.27. The van der Waals surface area contributed by atoms with E-state index in [1.54, 1.807) is 14.2 Å². The Hall–Kier alpha value is -3.20. The number of benzene rings is 1. The molecule has 2 heterocycles. The molecule has 0 atom stereocenters. The second-order valence-corrected chi connectivity index (χ2v) is 7.16. The summed E-state index contributed by atoms with van der Waals surface area (Å²) in [7, 11) is 3.17. The van der Waals surface area contributed by atoms with Crippen LogP contribution in [-0.2, 0) is 17.6 Å². The number of nitrogens with one attached hydrogen (secondary N) is 2. The van der Waals surface area contributed by atoms with E-state index in [0.717, 1.165) is 10.4 Å². The van der Waals surface area contributed by atoms with Gasteiger partial charge in [0, 0.05) is 19.4 Å². The molecule has 0 bridgehead atoms. The standard InChI is InChI=1S/C20H22N4O4S/c1-27-15-7-5-13(12-16(15)28-2)9-10-21-18(25)8-6-14-20(26)22-19(24-23-14)17-4-3-11-29-17/h3-5,7,11-12H,6,8-10H2,1-2H3,(H,21,25)(H,22,24,26). The molecule has 0 aliphatic rings. The molecule has 1 aromatic carbocycles. The molecule has 0 fully saturated rings. The topological polar surface area (TPSA) is 106 Å². The fourth-order valence-corrected chi connectivity index (χ4v) is 3.42. The normalized spacial score (nSPS) is 10.6. The number of thiophene rings is 1. The van der Waals surface area contributed by atoms with Gasteiger partial charge in [-0.1, -0.05) is 12.1 Å². The predicted octanol–water partition coefficient (Wildman–Crippen LogP) is 2.20. The van der Waals surface area contributed by atoms with Crippen LogP contribution >= 0.6 is 11.3 Å². The largest absolute Gasteiger partial charge is 0.493 e. The van der Waals surface area contributed by atoms with Crippen LogP contribution in [-0.4, -0.2) is 41.9 Å². The van der Waals surface area contributed by atoms with Crippen LogP contribution in [0.15, 0.2) is 40.5 Å². The van der Waals surface area contributed by atoms with Crippen molar-refractivity contribution in [2.45, 2.75) is 19.3 Å². The number of hydrogen-bond acceptors (Lipinski definition) is 7. The van der Waals surface area contributed by atoms with Gasteiger partial charge in [0.25, 0.3) is 5.56 Å². The Morgan fingerprint density at radius 3 is 2.66 bits per heavy atom. The molecular weight excluding hydrogens is 392 g/mol. The molecule has 1 amide bonds. The molecule has 0 aliphatic heterocycles. The van der Waals surface area contributed by atoms with Crippen LogP contribution in [0.1, 0.15) is 17.7 Å². The summed E-state index contributed by atoms with van der Waals surface area (Å²) in [4.78, 5) is 27.8. The van der Waals surface area contributed by atoms with Gasteiger partial charge < -0.3 is 19.8 Å². The predicted molar refractivity (Wildman–Crippen MR) is 111 cm³/mol. The Bertz CT molecular complexity index is 1020. The van der Waals surface area contributed by atoms with Crippen LogP contribution in [0.2, 0.25) is 0 Å². The minimum absolute atomic E-state index is 0.144. The fraction of sp³-hybridized carbons (Fsp3) is 0.300. The lowest BCUT2D eigenvalue weighted by atomic mass is 10.1. The Morgan fingerprint density at radius 2 is 1.97 bits per heavy atom. The van der Waals surface area contributed by atoms with Crippen molar-refractivity contribution >= 4 is 17.2 Å². The molecule has 9 heteroatoms. The van der Waals surface area contributed by atoms with E-state index in [2.05, 4.69) is 20.5 Å². The summed E-state index contributed by atoms with van der Waals surface area (Å²) >= 11 is 1.47. The number of nitrogens with zero attached hydrogens (tertiary/aromatic N) is 2. The number of methoxy groups -OCH3 is 2. The Labute approximate surface area is 171 Å². The molecule has 0 spiro atoms. The Kier molecular flexibility index (Phi) is 6.96. The maximum Gasteiger partial charge on any atom is 0.273 e. The maximum absolute atomic E-state index is 12.2. The van der Waals surface area contributed by atoms with Crippen LogP contribution < -0.4 is 20.3 Å². The molecule has 2 aromatic heterocycles. The second kappa shape index (κ2) is 9.83. The van der Waals surface area contributed by atoms with Crippen LogP contribution in [0.5, 0.6) is 11.5 Å². The first-order valence-electron chi connectivity index (χ1n) is 9.08. The third kappa shape index (κ3) is 5.41. The number of ether oxygens (including phenoxy) is 2. The summed E-state index contributed by atoms with van der Waals surface area (Å²) in [6, 6.07) is 9.38. The summed E-state index contributed by atoms with van der Waals surface area (Å²) in [6.07, 6.45) is 1.05. The minimum atomic E-state index is -0.318. The molecule has 0 unspecified atom stereocenters.